The van der Waals surface area contributed by atoms with E-state index in [-0.39, 0.29) is 17.9 Å². The molecule has 0 aliphatic heterocycles. The highest BCUT2D eigenvalue weighted by Gasteiger charge is 2.25. The van der Waals surface area contributed by atoms with E-state index in [9.17, 15) is 9.59 Å². The van der Waals surface area contributed by atoms with Gasteiger partial charge < -0.3 is 10.4 Å². The Kier molecular flexibility index (Phi) is 6.40. The minimum Gasteiger partial charge on any atom is -0.481 e. The summed E-state index contributed by atoms with van der Waals surface area (Å²) in [5.74, 6) is -1.45. The number of hydrogen-bond acceptors (Lipinski definition) is 2. The van der Waals surface area contributed by atoms with Crippen molar-refractivity contribution in [1.29, 1.82) is 0 Å². The summed E-state index contributed by atoms with van der Waals surface area (Å²) in [5.41, 5.74) is 0.831. The van der Waals surface area contributed by atoms with E-state index in [0.717, 1.165) is 12.0 Å². The largest absolute Gasteiger partial charge is 0.481 e. The molecule has 0 bridgehead atoms. The quantitative estimate of drug-likeness (QED) is 0.774. The lowest BCUT2D eigenvalue weighted by Crippen LogP contribution is -2.36. The molecule has 1 amide bonds. The van der Waals surface area contributed by atoms with Gasteiger partial charge in [-0.3, -0.25) is 9.59 Å². The molecule has 21 heavy (non-hydrogen) atoms. The van der Waals surface area contributed by atoms with Crippen LogP contribution in [0.5, 0.6) is 0 Å². The normalized spacial score (nSPS) is 12.7. The molecule has 2 N–H and O–H groups in total. The van der Waals surface area contributed by atoms with Crippen LogP contribution in [0.15, 0.2) is 30.3 Å². The van der Waals surface area contributed by atoms with Crippen molar-refractivity contribution in [2.24, 2.45) is 5.92 Å². The molecule has 0 radical (unpaired) electrons. The van der Waals surface area contributed by atoms with Crippen LogP contribution in [-0.4, -0.2) is 23.5 Å². The van der Waals surface area contributed by atoms with Crippen molar-refractivity contribution in [3.63, 3.8) is 0 Å². The average molecular weight is 291 g/mol. The van der Waals surface area contributed by atoms with Gasteiger partial charge in [-0.2, -0.15) is 0 Å². The van der Waals surface area contributed by atoms with Gasteiger partial charge in [0, 0.05) is 13.0 Å². The third kappa shape index (κ3) is 5.58. The smallest absolute Gasteiger partial charge is 0.308 e. The molecule has 1 rings (SSSR count). The first-order chi connectivity index (χ1) is 9.86. The molecule has 4 heteroatoms. The lowest BCUT2D eigenvalue weighted by atomic mass is 9.81. The van der Waals surface area contributed by atoms with Crippen molar-refractivity contribution < 1.29 is 14.7 Å². The van der Waals surface area contributed by atoms with Crippen molar-refractivity contribution in [3.05, 3.63) is 35.9 Å². The summed E-state index contributed by atoms with van der Waals surface area (Å²) in [5, 5.41) is 11.8. The van der Waals surface area contributed by atoms with Gasteiger partial charge in [-0.25, -0.2) is 0 Å². The maximum absolute atomic E-state index is 12.1. The van der Waals surface area contributed by atoms with E-state index < -0.39 is 11.9 Å². The van der Waals surface area contributed by atoms with Crippen LogP contribution in [0.4, 0.5) is 0 Å². The van der Waals surface area contributed by atoms with E-state index in [2.05, 4.69) is 5.32 Å². The van der Waals surface area contributed by atoms with Crippen LogP contribution in [0.3, 0.4) is 0 Å². The molecule has 0 saturated heterocycles. The summed E-state index contributed by atoms with van der Waals surface area (Å²) in [6.45, 7) is 6.18. The second kappa shape index (κ2) is 7.81. The zero-order chi connectivity index (χ0) is 15.9. The van der Waals surface area contributed by atoms with E-state index in [1.807, 2.05) is 51.1 Å². The van der Waals surface area contributed by atoms with Crippen molar-refractivity contribution in [2.75, 3.05) is 6.54 Å². The Hall–Kier alpha value is -1.84. The van der Waals surface area contributed by atoms with Gasteiger partial charge in [0.1, 0.15) is 0 Å². The van der Waals surface area contributed by atoms with Crippen LogP contribution in [-0.2, 0) is 15.0 Å². The molecule has 0 aliphatic rings. The van der Waals surface area contributed by atoms with Crippen LogP contribution < -0.4 is 5.32 Å². The molecule has 116 valence electrons. The minimum absolute atomic E-state index is 0.105. The summed E-state index contributed by atoms with van der Waals surface area (Å²) >= 11 is 0. The van der Waals surface area contributed by atoms with Crippen molar-refractivity contribution >= 4 is 11.9 Å². The van der Waals surface area contributed by atoms with Gasteiger partial charge in [-0.15, -0.1) is 0 Å². The Labute approximate surface area is 126 Å². The van der Waals surface area contributed by atoms with Crippen LogP contribution in [0.1, 0.15) is 45.6 Å². The molecule has 0 aromatic heterocycles. The van der Waals surface area contributed by atoms with Crippen molar-refractivity contribution in [2.45, 2.75) is 45.4 Å². The molecule has 4 nitrogen and oxygen atoms in total. The third-order valence-corrected chi connectivity index (χ3v) is 3.69. The lowest BCUT2D eigenvalue weighted by molar-refractivity contribution is -0.141. The Bertz CT molecular complexity index is 468. The van der Waals surface area contributed by atoms with E-state index in [4.69, 9.17) is 5.11 Å². The van der Waals surface area contributed by atoms with Crippen molar-refractivity contribution in [1.82, 2.24) is 5.32 Å². The van der Waals surface area contributed by atoms with Crippen LogP contribution >= 0.6 is 0 Å². The standard InChI is InChI=1S/C17H25NO3/c1-4-8-13(16(20)21)12-18-15(19)11-17(2,3)14-9-6-5-7-10-14/h5-7,9-10,13H,4,8,11-12H2,1-3H3,(H,18,19)(H,20,21). The highest BCUT2D eigenvalue weighted by atomic mass is 16.4. The number of nitrogens with one attached hydrogen (secondary N) is 1. The number of amides is 1. The molecule has 0 aliphatic carbocycles. The van der Waals surface area contributed by atoms with Crippen LogP contribution in [0.25, 0.3) is 0 Å². The summed E-state index contributed by atoms with van der Waals surface area (Å²) < 4.78 is 0. The number of carbonyl (C=O) groups excluding carboxylic acids is 1. The van der Waals surface area contributed by atoms with Crippen LogP contribution in [0.2, 0.25) is 0 Å². The predicted molar refractivity (Wildman–Crippen MR) is 83.1 cm³/mol. The molecule has 1 atom stereocenters. The second-order valence-corrected chi connectivity index (χ2v) is 6.05. The van der Waals surface area contributed by atoms with E-state index in [1.165, 1.54) is 0 Å². The number of aliphatic carboxylic acids is 1. The molecule has 1 aromatic carbocycles. The van der Waals surface area contributed by atoms with Gasteiger partial charge >= 0.3 is 5.97 Å². The summed E-state index contributed by atoms with van der Waals surface area (Å²) in [7, 11) is 0. The SMILES string of the molecule is CCCC(CNC(=O)CC(C)(C)c1ccccc1)C(=O)O. The Morgan fingerprint density at radius 3 is 2.38 bits per heavy atom. The van der Waals surface area contributed by atoms with Gasteiger partial charge in [0.25, 0.3) is 0 Å². The Morgan fingerprint density at radius 1 is 1.24 bits per heavy atom. The fraction of sp³-hybridized carbons (Fsp3) is 0.529. The summed E-state index contributed by atoms with van der Waals surface area (Å²) in [6.07, 6.45) is 1.72. The first-order valence-electron chi connectivity index (χ1n) is 7.42. The highest BCUT2D eigenvalue weighted by Crippen LogP contribution is 2.26. The molecule has 0 heterocycles. The number of carboxylic acids is 1. The van der Waals surface area contributed by atoms with Gasteiger partial charge in [0.05, 0.1) is 5.92 Å². The second-order valence-electron chi connectivity index (χ2n) is 6.05. The molecular weight excluding hydrogens is 266 g/mol. The fourth-order valence-electron chi connectivity index (χ4n) is 2.35. The van der Waals surface area contributed by atoms with Gasteiger partial charge in [-0.1, -0.05) is 57.5 Å². The molecule has 1 aromatic rings. The van der Waals surface area contributed by atoms with Crippen molar-refractivity contribution in [3.8, 4) is 0 Å². The lowest BCUT2D eigenvalue weighted by Gasteiger charge is -2.25. The third-order valence-electron chi connectivity index (χ3n) is 3.69. The zero-order valence-corrected chi connectivity index (χ0v) is 13.1. The molecule has 1 unspecified atom stereocenters. The Morgan fingerprint density at radius 2 is 1.86 bits per heavy atom. The fourth-order valence-corrected chi connectivity index (χ4v) is 2.35. The number of rotatable bonds is 8. The van der Waals surface area contributed by atoms with Crippen LogP contribution in [0, 0.1) is 5.92 Å². The minimum atomic E-state index is -0.848. The number of benzene rings is 1. The highest BCUT2D eigenvalue weighted by molar-refractivity contribution is 5.78. The molecule has 0 spiro atoms. The van der Waals surface area contributed by atoms with Gasteiger partial charge in [0.15, 0.2) is 0 Å². The summed E-state index contributed by atoms with van der Waals surface area (Å²) in [4.78, 5) is 23.1. The monoisotopic (exact) mass is 291 g/mol. The summed E-state index contributed by atoms with van der Waals surface area (Å²) in [6, 6.07) is 9.87. The van der Waals surface area contributed by atoms with E-state index in [1.54, 1.807) is 0 Å². The zero-order valence-electron chi connectivity index (χ0n) is 13.1. The van der Waals surface area contributed by atoms with Gasteiger partial charge in [0.2, 0.25) is 5.91 Å². The maximum atomic E-state index is 12.1. The Balaban J connectivity index is 2.55. The number of carbonyl (C=O) groups is 2. The number of carboxylic acid groups (broad SMARTS) is 1. The number of hydrogen-bond donors (Lipinski definition) is 2. The topological polar surface area (TPSA) is 66.4 Å². The first kappa shape index (κ1) is 17.2. The molecular formula is C17H25NO3. The first-order valence-corrected chi connectivity index (χ1v) is 7.42. The van der Waals surface area contributed by atoms with E-state index >= 15 is 0 Å². The van der Waals surface area contributed by atoms with Gasteiger partial charge in [-0.05, 0) is 17.4 Å². The van der Waals surface area contributed by atoms with E-state index in [0.29, 0.717) is 12.8 Å². The molecule has 0 saturated carbocycles. The maximum Gasteiger partial charge on any atom is 0.308 e. The predicted octanol–water partition coefficient (Wildman–Crippen LogP) is 2.97. The average Bonchev–Trinajstić information content (AvgIpc) is 2.43. The molecule has 0 fully saturated rings.